The third-order valence-corrected chi connectivity index (χ3v) is 6.43. The maximum Gasteiger partial charge on any atom is 0.174 e. The number of hydrogen-bond donors (Lipinski definition) is 2. The predicted octanol–water partition coefficient (Wildman–Crippen LogP) is 5.51. The van der Waals surface area contributed by atoms with Gasteiger partial charge in [0.05, 0.1) is 23.5 Å². The van der Waals surface area contributed by atoms with Crippen molar-refractivity contribution in [3.05, 3.63) is 107 Å². The summed E-state index contributed by atoms with van der Waals surface area (Å²) in [5, 5.41) is 14.6. The average molecular weight is 459 g/mol. The van der Waals surface area contributed by atoms with Gasteiger partial charge in [-0.3, -0.25) is 4.98 Å². The molecule has 2 N–H and O–H groups in total. The van der Waals surface area contributed by atoms with Crippen LogP contribution in [0.25, 0.3) is 5.69 Å². The second kappa shape index (κ2) is 8.33. The SMILES string of the molecule is Cc1cc([C@H]2[C@H](c3ccccn3)NC(=S)N2c2ccccc2O)c(C)n1-c1ccc(F)cc1. The minimum atomic E-state index is -0.271. The van der Waals surface area contributed by atoms with Gasteiger partial charge in [-0.1, -0.05) is 18.2 Å². The van der Waals surface area contributed by atoms with E-state index in [9.17, 15) is 9.50 Å². The minimum absolute atomic E-state index is 0.153. The largest absolute Gasteiger partial charge is 0.506 e. The van der Waals surface area contributed by atoms with E-state index in [0.29, 0.717) is 10.8 Å². The van der Waals surface area contributed by atoms with Crippen LogP contribution in [-0.2, 0) is 0 Å². The van der Waals surface area contributed by atoms with Crippen LogP contribution in [-0.4, -0.2) is 19.8 Å². The number of phenols is 1. The van der Waals surface area contributed by atoms with Crippen molar-refractivity contribution in [1.29, 1.82) is 0 Å². The number of nitrogens with zero attached hydrogens (tertiary/aromatic N) is 3. The van der Waals surface area contributed by atoms with E-state index in [2.05, 4.69) is 20.9 Å². The molecule has 2 atom stereocenters. The van der Waals surface area contributed by atoms with E-state index in [1.165, 1.54) is 12.1 Å². The Kier molecular flexibility index (Phi) is 5.34. The first-order valence-corrected chi connectivity index (χ1v) is 11.1. The molecule has 5 nitrogen and oxygen atoms in total. The highest BCUT2D eigenvalue weighted by atomic mass is 32.1. The number of pyridine rings is 1. The molecule has 33 heavy (non-hydrogen) atoms. The van der Waals surface area contributed by atoms with Crippen LogP contribution in [0.5, 0.6) is 5.75 Å². The van der Waals surface area contributed by atoms with E-state index in [1.54, 1.807) is 30.5 Å². The van der Waals surface area contributed by atoms with Gasteiger partial charge >= 0.3 is 0 Å². The van der Waals surface area contributed by atoms with Gasteiger partial charge in [-0.25, -0.2) is 4.39 Å². The number of aromatic hydroxyl groups is 1. The van der Waals surface area contributed by atoms with E-state index in [1.807, 2.05) is 49.1 Å². The number of phenolic OH excluding ortho intramolecular Hbond substituents is 1. The molecule has 0 unspecified atom stereocenters. The first-order valence-electron chi connectivity index (χ1n) is 10.7. The van der Waals surface area contributed by atoms with Crippen LogP contribution < -0.4 is 10.2 Å². The van der Waals surface area contributed by atoms with Crippen LogP contribution in [0, 0.1) is 19.7 Å². The second-order valence-electron chi connectivity index (χ2n) is 8.12. The van der Waals surface area contributed by atoms with E-state index in [4.69, 9.17) is 12.2 Å². The monoisotopic (exact) mass is 458 g/mol. The maximum atomic E-state index is 13.5. The number of thiocarbonyl (C=S) groups is 1. The summed E-state index contributed by atoms with van der Waals surface area (Å²) < 4.78 is 15.6. The lowest BCUT2D eigenvalue weighted by molar-refractivity contribution is 0.472. The highest BCUT2D eigenvalue weighted by Crippen LogP contribution is 2.45. The van der Waals surface area contributed by atoms with Crippen molar-refractivity contribution in [3.63, 3.8) is 0 Å². The van der Waals surface area contributed by atoms with Gasteiger partial charge in [0.25, 0.3) is 0 Å². The molecule has 0 saturated carbocycles. The Balaban J connectivity index is 1.69. The number of halogens is 1. The summed E-state index contributed by atoms with van der Waals surface area (Å²) >= 11 is 5.75. The lowest BCUT2D eigenvalue weighted by atomic mass is 9.96. The molecule has 3 heterocycles. The van der Waals surface area contributed by atoms with E-state index in [0.717, 1.165) is 28.3 Å². The Bertz CT molecular complexity index is 1320. The summed E-state index contributed by atoms with van der Waals surface area (Å²) in [5.74, 6) is -0.117. The van der Waals surface area contributed by atoms with E-state index >= 15 is 0 Å². The number of rotatable bonds is 4. The first-order chi connectivity index (χ1) is 16.0. The normalized spacial score (nSPS) is 17.9. The number of benzene rings is 2. The van der Waals surface area contributed by atoms with Crippen molar-refractivity contribution in [2.75, 3.05) is 4.90 Å². The maximum absolute atomic E-state index is 13.5. The molecular formula is C26H23FN4OS. The number of aryl methyl sites for hydroxylation is 1. The van der Waals surface area contributed by atoms with Gasteiger partial charge in [0, 0.05) is 23.3 Å². The molecular weight excluding hydrogens is 435 g/mol. The Morgan fingerprint density at radius 3 is 2.42 bits per heavy atom. The van der Waals surface area contributed by atoms with Gasteiger partial charge in [-0.15, -0.1) is 0 Å². The van der Waals surface area contributed by atoms with Crippen molar-refractivity contribution in [3.8, 4) is 11.4 Å². The fourth-order valence-corrected chi connectivity index (χ4v) is 5.01. The summed E-state index contributed by atoms with van der Waals surface area (Å²) in [6.07, 6.45) is 1.77. The van der Waals surface area contributed by atoms with Gasteiger partial charge < -0.3 is 19.9 Å². The average Bonchev–Trinajstić information content (AvgIpc) is 3.31. The van der Waals surface area contributed by atoms with Gasteiger partial charge in [-0.05, 0) is 86.2 Å². The van der Waals surface area contributed by atoms with Crippen molar-refractivity contribution in [1.82, 2.24) is 14.9 Å². The molecule has 1 aliphatic heterocycles. The number of hydrogen-bond acceptors (Lipinski definition) is 3. The standard InChI is InChI=1S/C26H23FN4OS/c1-16-15-20(17(2)30(16)19-12-10-18(27)11-13-19)25-24(21-7-5-6-14-28-21)29-26(33)31(25)22-8-3-4-9-23(22)32/h3-15,24-25,32H,1-2H3,(H,29,33)/t24-,25-/m0/s1. The number of nitrogens with one attached hydrogen (secondary N) is 1. The quantitative estimate of drug-likeness (QED) is 0.395. The van der Waals surface area contributed by atoms with Crippen molar-refractivity contribution in [2.24, 2.45) is 0 Å². The topological polar surface area (TPSA) is 53.3 Å². The second-order valence-corrected chi connectivity index (χ2v) is 8.51. The summed E-state index contributed by atoms with van der Waals surface area (Å²) in [6.45, 7) is 4.08. The predicted molar refractivity (Wildman–Crippen MR) is 131 cm³/mol. The summed E-state index contributed by atoms with van der Waals surface area (Å²) in [7, 11) is 0. The van der Waals surface area contributed by atoms with Crippen molar-refractivity contribution >= 4 is 23.0 Å². The van der Waals surface area contributed by atoms with Crippen molar-refractivity contribution in [2.45, 2.75) is 25.9 Å². The van der Waals surface area contributed by atoms with Crippen LogP contribution in [0.3, 0.4) is 0 Å². The molecule has 1 saturated heterocycles. The highest BCUT2D eigenvalue weighted by molar-refractivity contribution is 7.80. The van der Waals surface area contributed by atoms with Crippen LogP contribution in [0.15, 0.2) is 79.0 Å². The molecule has 2 aromatic carbocycles. The molecule has 0 radical (unpaired) electrons. The molecule has 0 aliphatic carbocycles. The lowest BCUT2D eigenvalue weighted by Gasteiger charge is -2.28. The summed E-state index contributed by atoms with van der Waals surface area (Å²) in [5.41, 5.74) is 5.44. The molecule has 2 aromatic heterocycles. The zero-order chi connectivity index (χ0) is 23.1. The van der Waals surface area contributed by atoms with Crippen molar-refractivity contribution < 1.29 is 9.50 Å². The van der Waals surface area contributed by atoms with Crippen LogP contribution in [0.2, 0.25) is 0 Å². The third-order valence-electron chi connectivity index (χ3n) is 6.11. The molecule has 1 aliphatic rings. The number of aromatic nitrogens is 2. The Morgan fingerprint density at radius 1 is 1.00 bits per heavy atom. The molecule has 7 heteroatoms. The fourth-order valence-electron chi connectivity index (χ4n) is 4.67. The lowest BCUT2D eigenvalue weighted by Crippen LogP contribution is -2.29. The smallest absolute Gasteiger partial charge is 0.174 e. The van der Waals surface area contributed by atoms with Crippen LogP contribution >= 0.6 is 12.2 Å². The Morgan fingerprint density at radius 2 is 1.73 bits per heavy atom. The van der Waals surface area contributed by atoms with Gasteiger partial charge in [0.1, 0.15) is 11.6 Å². The summed E-state index contributed by atoms with van der Waals surface area (Å²) in [6, 6.07) is 21.1. The van der Waals surface area contributed by atoms with E-state index in [-0.39, 0.29) is 23.7 Å². The Hall–Kier alpha value is -3.71. The van der Waals surface area contributed by atoms with Gasteiger partial charge in [-0.2, -0.15) is 0 Å². The first kappa shape index (κ1) is 21.2. The van der Waals surface area contributed by atoms with E-state index < -0.39 is 0 Å². The highest BCUT2D eigenvalue weighted by Gasteiger charge is 2.43. The minimum Gasteiger partial charge on any atom is -0.506 e. The molecule has 1 fully saturated rings. The molecule has 4 aromatic rings. The van der Waals surface area contributed by atoms with Crippen LogP contribution in [0.1, 0.15) is 34.7 Å². The molecule has 0 bridgehead atoms. The number of anilines is 1. The number of para-hydroxylation sites is 2. The molecule has 0 amide bonds. The fraction of sp³-hybridized carbons (Fsp3) is 0.154. The summed E-state index contributed by atoms with van der Waals surface area (Å²) in [4.78, 5) is 6.55. The van der Waals surface area contributed by atoms with Gasteiger partial charge in [0.2, 0.25) is 0 Å². The molecule has 0 spiro atoms. The zero-order valence-corrected chi connectivity index (χ0v) is 19.1. The zero-order valence-electron chi connectivity index (χ0n) is 18.2. The Labute approximate surface area is 197 Å². The van der Waals surface area contributed by atoms with Gasteiger partial charge in [0.15, 0.2) is 5.11 Å². The molecule has 5 rings (SSSR count). The molecule has 166 valence electrons. The third kappa shape index (κ3) is 3.64. The van der Waals surface area contributed by atoms with Crippen LogP contribution in [0.4, 0.5) is 10.1 Å².